The van der Waals surface area contributed by atoms with E-state index in [1.165, 1.54) is 6.92 Å². The van der Waals surface area contributed by atoms with E-state index in [2.05, 4.69) is 0 Å². The number of alkyl halides is 1. The maximum absolute atomic E-state index is 13.7. The molecule has 3 unspecified atom stereocenters. The lowest BCUT2D eigenvalue weighted by molar-refractivity contribution is -0.161. The molecule has 1 saturated heterocycles. The van der Waals surface area contributed by atoms with Crippen LogP contribution in [0.5, 0.6) is 0 Å². The van der Waals surface area contributed by atoms with Crippen molar-refractivity contribution in [2.75, 3.05) is 12.4 Å². The van der Waals surface area contributed by atoms with E-state index < -0.39 is 45.8 Å². The number of β-lactam (4-membered cyclic amide) rings is 1. The molecule has 0 aliphatic carbocycles. The van der Waals surface area contributed by atoms with Gasteiger partial charge in [0.15, 0.2) is 5.37 Å². The zero-order valence-electron chi connectivity index (χ0n) is 13.3. The van der Waals surface area contributed by atoms with Crippen molar-refractivity contribution in [3.8, 4) is 0 Å². The fourth-order valence-corrected chi connectivity index (χ4v) is 3.84. The van der Waals surface area contributed by atoms with Crippen LogP contribution >= 0.6 is 0 Å². The molecular formula is C14H18FNO6S. The number of fused-ring (bicyclic) bond motifs is 1. The molecule has 0 saturated carbocycles. The Morgan fingerprint density at radius 3 is 2.52 bits per heavy atom. The van der Waals surface area contributed by atoms with Crippen LogP contribution in [0.4, 0.5) is 4.39 Å². The third-order valence-corrected chi connectivity index (χ3v) is 4.80. The first kappa shape index (κ1) is 17.6. The van der Waals surface area contributed by atoms with Crippen LogP contribution in [0, 0.1) is 0 Å². The summed E-state index contributed by atoms with van der Waals surface area (Å²) in [6.45, 7) is 5.81. The summed E-state index contributed by atoms with van der Waals surface area (Å²) in [6, 6.07) is 0. The summed E-state index contributed by atoms with van der Waals surface area (Å²) < 4.78 is 35.8. The van der Waals surface area contributed by atoms with Crippen LogP contribution in [-0.4, -0.2) is 56.5 Å². The zero-order valence-corrected chi connectivity index (χ0v) is 14.1. The van der Waals surface area contributed by atoms with E-state index in [1.807, 2.05) is 0 Å². The molecule has 2 aliphatic heterocycles. The summed E-state index contributed by atoms with van der Waals surface area (Å²) in [5.74, 6) is -2.52. The second kappa shape index (κ2) is 6.03. The molecule has 0 aromatic heterocycles. The van der Waals surface area contributed by atoms with Gasteiger partial charge in [0, 0.05) is 12.5 Å². The number of nitrogens with zero attached hydrogens (tertiary/aromatic N) is 1. The number of halogens is 1. The van der Waals surface area contributed by atoms with Gasteiger partial charge in [-0.1, -0.05) is 0 Å². The number of ether oxygens (including phenoxy) is 2. The first-order chi connectivity index (χ1) is 10.5. The lowest BCUT2D eigenvalue weighted by Gasteiger charge is -2.46. The van der Waals surface area contributed by atoms with Crippen molar-refractivity contribution in [1.29, 1.82) is 0 Å². The SMILES string of the molecule is CC(=O)OCC1=C(C(=O)OC(C)(C)C)N2C(=O)C(F)C2S(=O)C1. The number of hydrogen-bond donors (Lipinski definition) is 0. The maximum Gasteiger partial charge on any atom is 0.355 e. The highest BCUT2D eigenvalue weighted by atomic mass is 32.2. The third-order valence-electron chi connectivity index (χ3n) is 3.18. The lowest BCUT2D eigenvalue weighted by Crippen LogP contribution is -2.67. The molecule has 0 spiro atoms. The lowest BCUT2D eigenvalue weighted by atomic mass is 10.1. The van der Waals surface area contributed by atoms with E-state index in [9.17, 15) is 23.0 Å². The van der Waals surface area contributed by atoms with Gasteiger partial charge in [-0.05, 0) is 20.8 Å². The molecular weight excluding hydrogens is 329 g/mol. The first-order valence-electron chi connectivity index (χ1n) is 6.96. The number of carbonyl (C=O) groups excluding carboxylic acids is 3. The van der Waals surface area contributed by atoms with Crippen molar-refractivity contribution in [2.24, 2.45) is 0 Å². The molecule has 128 valence electrons. The molecule has 0 bridgehead atoms. The van der Waals surface area contributed by atoms with Gasteiger partial charge in [0.2, 0.25) is 6.17 Å². The van der Waals surface area contributed by atoms with Crippen molar-refractivity contribution in [1.82, 2.24) is 4.90 Å². The number of carbonyl (C=O) groups is 3. The van der Waals surface area contributed by atoms with Gasteiger partial charge in [0.05, 0.1) is 16.6 Å². The molecule has 2 aliphatic rings. The maximum atomic E-state index is 13.7. The zero-order chi connectivity index (χ0) is 17.5. The minimum Gasteiger partial charge on any atom is -0.461 e. The third kappa shape index (κ3) is 3.44. The second-order valence-corrected chi connectivity index (χ2v) is 7.79. The van der Waals surface area contributed by atoms with Crippen LogP contribution in [0.1, 0.15) is 27.7 Å². The molecule has 0 aromatic carbocycles. The molecule has 2 heterocycles. The standard InChI is InChI=1S/C14H18FNO6S/c1-7(17)21-5-8-6-23(20)12-9(15)11(18)16(12)10(8)13(19)22-14(2,3)4/h9,12H,5-6H2,1-4H3. The average molecular weight is 347 g/mol. The van der Waals surface area contributed by atoms with Gasteiger partial charge in [0.1, 0.15) is 17.9 Å². The predicted octanol–water partition coefficient (Wildman–Crippen LogP) is 0.414. The highest BCUT2D eigenvalue weighted by Crippen LogP contribution is 2.37. The fourth-order valence-electron chi connectivity index (χ4n) is 2.28. The summed E-state index contributed by atoms with van der Waals surface area (Å²) in [5.41, 5.74) is -0.819. The van der Waals surface area contributed by atoms with Gasteiger partial charge in [-0.2, -0.15) is 0 Å². The fraction of sp³-hybridized carbons (Fsp3) is 0.643. The number of esters is 2. The topological polar surface area (TPSA) is 90.0 Å². The molecule has 2 rings (SSSR count). The Kier molecular flexibility index (Phi) is 4.61. The monoisotopic (exact) mass is 347 g/mol. The van der Waals surface area contributed by atoms with Crippen LogP contribution in [0.2, 0.25) is 0 Å². The van der Waals surface area contributed by atoms with Crippen molar-refractivity contribution in [3.63, 3.8) is 0 Å². The molecule has 0 radical (unpaired) electrons. The van der Waals surface area contributed by atoms with Crippen molar-refractivity contribution >= 4 is 28.6 Å². The predicted molar refractivity (Wildman–Crippen MR) is 78.0 cm³/mol. The smallest absolute Gasteiger partial charge is 0.355 e. The van der Waals surface area contributed by atoms with Crippen LogP contribution in [0.25, 0.3) is 0 Å². The van der Waals surface area contributed by atoms with Crippen molar-refractivity contribution < 1.29 is 32.5 Å². The highest BCUT2D eigenvalue weighted by Gasteiger charge is 2.57. The van der Waals surface area contributed by atoms with Gasteiger partial charge in [-0.25, -0.2) is 9.18 Å². The molecule has 9 heteroatoms. The van der Waals surface area contributed by atoms with Crippen LogP contribution in [-0.2, 0) is 34.7 Å². The second-order valence-electron chi connectivity index (χ2n) is 6.26. The Hall–Kier alpha value is -1.77. The summed E-state index contributed by atoms with van der Waals surface area (Å²) in [7, 11) is -1.71. The summed E-state index contributed by atoms with van der Waals surface area (Å²) in [6.07, 6.45) is -1.90. The molecule has 0 aromatic rings. The Morgan fingerprint density at radius 1 is 1.39 bits per heavy atom. The van der Waals surface area contributed by atoms with E-state index >= 15 is 0 Å². The number of rotatable bonds is 3. The van der Waals surface area contributed by atoms with Crippen molar-refractivity contribution in [3.05, 3.63) is 11.3 Å². The van der Waals surface area contributed by atoms with Crippen LogP contribution < -0.4 is 0 Å². The largest absolute Gasteiger partial charge is 0.461 e. The molecule has 1 amide bonds. The van der Waals surface area contributed by atoms with Gasteiger partial charge in [0.25, 0.3) is 5.91 Å². The quantitative estimate of drug-likeness (QED) is 0.543. The van der Waals surface area contributed by atoms with Crippen LogP contribution in [0.15, 0.2) is 11.3 Å². The highest BCUT2D eigenvalue weighted by molar-refractivity contribution is 7.86. The number of hydrogen-bond acceptors (Lipinski definition) is 6. The van der Waals surface area contributed by atoms with Gasteiger partial charge >= 0.3 is 11.9 Å². The molecule has 7 nitrogen and oxygen atoms in total. The Balaban J connectivity index is 2.39. The molecule has 1 fully saturated rings. The normalized spacial score (nSPS) is 27.3. The summed E-state index contributed by atoms with van der Waals surface area (Å²) in [4.78, 5) is 36.0. The minimum absolute atomic E-state index is 0.156. The van der Waals surface area contributed by atoms with E-state index in [1.54, 1.807) is 20.8 Å². The van der Waals surface area contributed by atoms with E-state index in [0.717, 1.165) is 4.90 Å². The Bertz CT molecular complexity index is 623. The van der Waals surface area contributed by atoms with E-state index in [4.69, 9.17) is 9.47 Å². The first-order valence-corrected chi connectivity index (χ1v) is 8.34. The molecule has 23 heavy (non-hydrogen) atoms. The molecule has 0 N–H and O–H groups in total. The Labute approximate surface area is 135 Å². The number of amides is 1. The Morgan fingerprint density at radius 2 is 2.00 bits per heavy atom. The minimum atomic E-state index is -1.90. The van der Waals surface area contributed by atoms with E-state index in [0.29, 0.717) is 0 Å². The van der Waals surface area contributed by atoms with E-state index in [-0.39, 0.29) is 23.6 Å². The summed E-state index contributed by atoms with van der Waals surface area (Å²) >= 11 is 0. The van der Waals surface area contributed by atoms with Gasteiger partial charge in [-0.3, -0.25) is 18.7 Å². The van der Waals surface area contributed by atoms with Crippen LogP contribution in [0.3, 0.4) is 0 Å². The molecule has 3 atom stereocenters. The van der Waals surface area contributed by atoms with Gasteiger partial charge < -0.3 is 9.47 Å². The van der Waals surface area contributed by atoms with Crippen molar-refractivity contribution in [2.45, 2.75) is 44.8 Å². The summed E-state index contributed by atoms with van der Waals surface area (Å²) in [5, 5.41) is -1.19. The van der Waals surface area contributed by atoms with Gasteiger partial charge in [-0.15, -0.1) is 0 Å². The average Bonchev–Trinajstić information content (AvgIpc) is 2.41.